The summed E-state index contributed by atoms with van der Waals surface area (Å²) in [6.07, 6.45) is 1.08. The molecule has 0 aliphatic heterocycles. The van der Waals surface area contributed by atoms with Crippen LogP contribution < -0.4 is 9.62 Å². The van der Waals surface area contributed by atoms with Gasteiger partial charge in [-0.3, -0.25) is 9.52 Å². The molecule has 0 radical (unpaired) electrons. The van der Waals surface area contributed by atoms with Gasteiger partial charge in [-0.25, -0.2) is 8.42 Å². The maximum atomic E-state index is 12.6. The lowest BCUT2D eigenvalue weighted by Crippen LogP contribution is -2.26. The largest absolute Gasteiger partial charge is 0.311 e. The number of hydrogen-bond donors (Lipinski definition) is 1. The molecule has 0 saturated carbocycles. The second-order valence-corrected chi connectivity index (χ2v) is 7.81. The van der Waals surface area contributed by atoms with Crippen molar-refractivity contribution in [3.63, 3.8) is 0 Å². The molecule has 6 heteroatoms. The highest BCUT2D eigenvalue weighted by atomic mass is 32.2. The van der Waals surface area contributed by atoms with Gasteiger partial charge in [0.15, 0.2) is 0 Å². The topological polar surface area (TPSA) is 66.5 Å². The second-order valence-electron chi connectivity index (χ2n) is 6.07. The number of nitrogens with one attached hydrogen (secondary N) is 1. The van der Waals surface area contributed by atoms with E-state index in [2.05, 4.69) is 18.6 Å². The molecule has 0 heterocycles. The second kappa shape index (κ2) is 7.05. The molecular weight excluding hydrogens is 324 g/mol. The SMILES string of the molecule is CC(C)c1cccc(N(C)C(=O)c2ccc(NS(C)(=O)=O)cc2)c1. The van der Waals surface area contributed by atoms with Gasteiger partial charge in [-0.1, -0.05) is 26.0 Å². The maximum Gasteiger partial charge on any atom is 0.258 e. The Balaban J connectivity index is 2.20. The Morgan fingerprint density at radius 1 is 1.08 bits per heavy atom. The quantitative estimate of drug-likeness (QED) is 0.901. The summed E-state index contributed by atoms with van der Waals surface area (Å²) in [5.41, 5.74) is 2.91. The lowest BCUT2D eigenvalue weighted by molar-refractivity contribution is 0.0993. The van der Waals surface area contributed by atoms with Crippen molar-refractivity contribution in [2.75, 3.05) is 22.9 Å². The van der Waals surface area contributed by atoms with E-state index in [-0.39, 0.29) is 5.91 Å². The molecule has 5 nitrogen and oxygen atoms in total. The first kappa shape index (κ1) is 18.0. The average Bonchev–Trinajstić information content (AvgIpc) is 2.53. The lowest BCUT2D eigenvalue weighted by Gasteiger charge is -2.19. The van der Waals surface area contributed by atoms with Gasteiger partial charge in [-0.05, 0) is 47.9 Å². The van der Waals surface area contributed by atoms with Crippen molar-refractivity contribution < 1.29 is 13.2 Å². The molecule has 0 saturated heterocycles. The van der Waals surface area contributed by atoms with Crippen molar-refractivity contribution >= 4 is 27.3 Å². The van der Waals surface area contributed by atoms with Crippen molar-refractivity contribution in [2.24, 2.45) is 0 Å². The van der Waals surface area contributed by atoms with Crippen molar-refractivity contribution in [1.82, 2.24) is 0 Å². The van der Waals surface area contributed by atoms with Crippen molar-refractivity contribution in [2.45, 2.75) is 19.8 Å². The lowest BCUT2D eigenvalue weighted by atomic mass is 10.0. The van der Waals surface area contributed by atoms with Gasteiger partial charge in [-0.15, -0.1) is 0 Å². The third-order valence-electron chi connectivity index (χ3n) is 3.66. The number of carbonyl (C=O) groups excluding carboxylic acids is 1. The van der Waals surface area contributed by atoms with E-state index in [1.165, 1.54) is 5.56 Å². The fourth-order valence-electron chi connectivity index (χ4n) is 2.30. The molecule has 2 aromatic carbocycles. The molecule has 0 aromatic heterocycles. The van der Waals surface area contributed by atoms with Gasteiger partial charge in [-0.2, -0.15) is 0 Å². The average molecular weight is 346 g/mol. The number of carbonyl (C=O) groups is 1. The monoisotopic (exact) mass is 346 g/mol. The molecule has 2 rings (SSSR count). The predicted octanol–water partition coefficient (Wildman–Crippen LogP) is 3.46. The van der Waals surface area contributed by atoms with Gasteiger partial charge in [0, 0.05) is 24.0 Å². The Morgan fingerprint density at radius 2 is 1.71 bits per heavy atom. The molecule has 128 valence electrons. The highest BCUT2D eigenvalue weighted by Gasteiger charge is 2.14. The van der Waals surface area contributed by atoms with Crippen LogP contribution in [0.25, 0.3) is 0 Å². The first-order chi connectivity index (χ1) is 11.2. The summed E-state index contributed by atoms with van der Waals surface area (Å²) in [5.74, 6) is 0.233. The van der Waals surface area contributed by atoms with E-state index in [4.69, 9.17) is 0 Å². The Morgan fingerprint density at radius 3 is 2.25 bits per heavy atom. The van der Waals surface area contributed by atoms with Crippen LogP contribution in [-0.2, 0) is 10.0 Å². The number of amides is 1. The summed E-state index contributed by atoms with van der Waals surface area (Å²) in [5, 5.41) is 0. The van der Waals surface area contributed by atoms with E-state index in [9.17, 15) is 13.2 Å². The van der Waals surface area contributed by atoms with Gasteiger partial charge < -0.3 is 4.90 Å². The van der Waals surface area contributed by atoms with Gasteiger partial charge in [0.05, 0.1) is 6.26 Å². The Labute approximate surface area is 143 Å². The van der Waals surface area contributed by atoms with E-state index in [0.717, 1.165) is 11.9 Å². The molecule has 0 atom stereocenters. The summed E-state index contributed by atoms with van der Waals surface area (Å²) < 4.78 is 24.8. The van der Waals surface area contributed by atoms with Crippen LogP contribution in [-0.4, -0.2) is 27.6 Å². The molecule has 0 bridgehead atoms. The minimum atomic E-state index is -3.33. The number of anilines is 2. The molecular formula is C18H22N2O3S. The number of benzene rings is 2. The summed E-state index contributed by atoms with van der Waals surface area (Å²) >= 11 is 0. The zero-order chi connectivity index (χ0) is 17.9. The Kier molecular flexibility index (Phi) is 5.29. The fraction of sp³-hybridized carbons (Fsp3) is 0.278. The van der Waals surface area contributed by atoms with E-state index >= 15 is 0 Å². The van der Waals surface area contributed by atoms with E-state index < -0.39 is 10.0 Å². The predicted molar refractivity (Wildman–Crippen MR) is 98.2 cm³/mol. The molecule has 2 aromatic rings. The van der Waals surface area contributed by atoms with Gasteiger partial charge in [0.2, 0.25) is 10.0 Å². The number of sulfonamides is 1. The summed E-state index contributed by atoms with van der Waals surface area (Å²) in [4.78, 5) is 14.2. The molecule has 1 N–H and O–H groups in total. The van der Waals surface area contributed by atoms with Crippen LogP contribution in [0.1, 0.15) is 35.7 Å². The summed E-state index contributed by atoms with van der Waals surface area (Å²) in [7, 11) is -1.60. The third-order valence-corrected chi connectivity index (χ3v) is 4.27. The molecule has 0 unspecified atom stereocenters. The number of nitrogens with zero attached hydrogens (tertiary/aromatic N) is 1. The molecule has 1 amide bonds. The van der Waals surface area contributed by atoms with E-state index in [1.807, 2.05) is 24.3 Å². The van der Waals surface area contributed by atoms with Gasteiger partial charge in [0.1, 0.15) is 0 Å². The fourth-order valence-corrected chi connectivity index (χ4v) is 2.86. The van der Waals surface area contributed by atoms with Crippen LogP contribution in [0.5, 0.6) is 0 Å². The van der Waals surface area contributed by atoms with Crippen LogP contribution >= 0.6 is 0 Å². The number of rotatable bonds is 5. The normalized spacial score (nSPS) is 11.4. The van der Waals surface area contributed by atoms with Crippen LogP contribution in [0.15, 0.2) is 48.5 Å². The van der Waals surface area contributed by atoms with Crippen LogP contribution in [0.2, 0.25) is 0 Å². The Hall–Kier alpha value is -2.34. The van der Waals surface area contributed by atoms with E-state index in [1.54, 1.807) is 36.2 Å². The smallest absolute Gasteiger partial charge is 0.258 e. The highest BCUT2D eigenvalue weighted by Crippen LogP contribution is 2.22. The maximum absolute atomic E-state index is 12.6. The minimum Gasteiger partial charge on any atom is -0.311 e. The molecule has 0 aliphatic carbocycles. The molecule has 0 spiro atoms. The molecule has 0 aliphatic rings. The highest BCUT2D eigenvalue weighted by molar-refractivity contribution is 7.92. The van der Waals surface area contributed by atoms with E-state index in [0.29, 0.717) is 17.2 Å². The third kappa shape index (κ3) is 4.58. The zero-order valence-corrected chi connectivity index (χ0v) is 15.1. The van der Waals surface area contributed by atoms with Gasteiger partial charge in [0.25, 0.3) is 5.91 Å². The standard InChI is InChI=1S/C18H22N2O3S/c1-13(2)15-6-5-7-17(12-15)20(3)18(21)14-8-10-16(11-9-14)19-24(4,22)23/h5-13,19H,1-4H3. The minimum absolute atomic E-state index is 0.151. The summed E-state index contributed by atoms with van der Waals surface area (Å²) in [6, 6.07) is 14.2. The van der Waals surface area contributed by atoms with Gasteiger partial charge >= 0.3 is 0 Å². The zero-order valence-electron chi connectivity index (χ0n) is 14.3. The first-order valence-corrected chi connectivity index (χ1v) is 9.52. The van der Waals surface area contributed by atoms with Crippen molar-refractivity contribution in [3.8, 4) is 0 Å². The Bertz CT molecular complexity index is 828. The number of hydrogen-bond acceptors (Lipinski definition) is 3. The van der Waals surface area contributed by atoms with Crippen molar-refractivity contribution in [3.05, 3.63) is 59.7 Å². The summed E-state index contributed by atoms with van der Waals surface area (Å²) in [6.45, 7) is 4.21. The van der Waals surface area contributed by atoms with Crippen LogP contribution in [0.4, 0.5) is 11.4 Å². The molecule has 24 heavy (non-hydrogen) atoms. The van der Waals surface area contributed by atoms with Crippen molar-refractivity contribution in [1.29, 1.82) is 0 Å². The van der Waals surface area contributed by atoms with Crippen LogP contribution in [0, 0.1) is 0 Å². The first-order valence-electron chi connectivity index (χ1n) is 7.63. The van der Waals surface area contributed by atoms with Crippen LogP contribution in [0.3, 0.4) is 0 Å². The molecule has 0 fully saturated rings.